The van der Waals surface area contributed by atoms with Gasteiger partial charge in [0, 0.05) is 18.3 Å². The molecule has 1 aliphatic heterocycles. The second-order valence-electron chi connectivity index (χ2n) is 5.17. The molecule has 1 aromatic heterocycles. The van der Waals surface area contributed by atoms with Crippen LogP contribution in [0.15, 0.2) is 18.3 Å². The third-order valence-corrected chi connectivity index (χ3v) is 3.37. The number of β-amino-alcohol motifs (C(OH)–C–C–N with tert-alkyl or cyclic N) is 1. The van der Waals surface area contributed by atoms with Gasteiger partial charge >= 0.3 is 0 Å². The summed E-state index contributed by atoms with van der Waals surface area (Å²) in [6.07, 6.45) is 3.80. The second-order valence-corrected chi connectivity index (χ2v) is 5.17. The SMILES string of the molecule is CC.Cc1ccc(N2CC(C)(O)CCC2C)cn1. The number of piperidine rings is 1. The molecule has 0 radical (unpaired) electrons. The van der Waals surface area contributed by atoms with Gasteiger partial charge in [-0.15, -0.1) is 0 Å². The summed E-state index contributed by atoms with van der Waals surface area (Å²) in [6, 6.07) is 4.58. The first kappa shape index (κ1) is 15.0. The Balaban J connectivity index is 0.000000771. The van der Waals surface area contributed by atoms with E-state index in [2.05, 4.69) is 22.9 Å². The van der Waals surface area contributed by atoms with Crippen molar-refractivity contribution < 1.29 is 5.11 Å². The average molecular weight is 250 g/mol. The largest absolute Gasteiger partial charge is 0.388 e. The highest BCUT2D eigenvalue weighted by Gasteiger charge is 2.32. The van der Waals surface area contributed by atoms with Crippen LogP contribution in [0.2, 0.25) is 0 Å². The van der Waals surface area contributed by atoms with E-state index >= 15 is 0 Å². The summed E-state index contributed by atoms with van der Waals surface area (Å²) in [7, 11) is 0. The number of hydrogen-bond donors (Lipinski definition) is 1. The molecular formula is C15H26N2O. The van der Waals surface area contributed by atoms with Crippen molar-refractivity contribution in [2.24, 2.45) is 0 Å². The quantitative estimate of drug-likeness (QED) is 0.831. The summed E-state index contributed by atoms with van der Waals surface area (Å²) in [5, 5.41) is 10.1. The molecule has 18 heavy (non-hydrogen) atoms. The zero-order valence-electron chi connectivity index (χ0n) is 12.3. The topological polar surface area (TPSA) is 36.4 Å². The minimum Gasteiger partial charge on any atom is -0.388 e. The van der Waals surface area contributed by atoms with E-state index in [0.717, 1.165) is 24.2 Å². The summed E-state index contributed by atoms with van der Waals surface area (Å²) in [5.74, 6) is 0. The second kappa shape index (κ2) is 6.19. The molecule has 1 aromatic rings. The van der Waals surface area contributed by atoms with Crippen molar-refractivity contribution in [2.45, 2.75) is 59.1 Å². The van der Waals surface area contributed by atoms with Gasteiger partial charge in [0.15, 0.2) is 0 Å². The van der Waals surface area contributed by atoms with Crippen LogP contribution in [0.4, 0.5) is 5.69 Å². The maximum atomic E-state index is 10.1. The molecule has 2 heterocycles. The Hall–Kier alpha value is -1.09. The van der Waals surface area contributed by atoms with Crippen molar-refractivity contribution in [2.75, 3.05) is 11.4 Å². The highest BCUT2D eigenvalue weighted by Crippen LogP contribution is 2.29. The van der Waals surface area contributed by atoms with E-state index in [-0.39, 0.29) is 0 Å². The van der Waals surface area contributed by atoms with Gasteiger partial charge in [-0.3, -0.25) is 4.98 Å². The molecule has 0 aromatic carbocycles. The van der Waals surface area contributed by atoms with Gasteiger partial charge in [0.05, 0.1) is 17.5 Å². The molecule has 1 aliphatic rings. The zero-order valence-corrected chi connectivity index (χ0v) is 12.3. The highest BCUT2D eigenvalue weighted by atomic mass is 16.3. The molecule has 0 amide bonds. The number of pyridine rings is 1. The summed E-state index contributed by atoms with van der Waals surface area (Å²) in [6.45, 7) is 10.8. The lowest BCUT2D eigenvalue weighted by Crippen LogP contribution is -2.50. The number of aliphatic hydroxyl groups is 1. The summed E-state index contributed by atoms with van der Waals surface area (Å²) >= 11 is 0. The van der Waals surface area contributed by atoms with Crippen LogP contribution < -0.4 is 4.90 Å². The molecule has 1 saturated heterocycles. The minimum absolute atomic E-state index is 0.477. The maximum Gasteiger partial charge on any atom is 0.0794 e. The van der Waals surface area contributed by atoms with E-state index < -0.39 is 5.60 Å². The molecule has 2 rings (SSSR count). The molecule has 3 heteroatoms. The van der Waals surface area contributed by atoms with Crippen molar-refractivity contribution in [1.82, 2.24) is 4.98 Å². The third-order valence-electron chi connectivity index (χ3n) is 3.37. The first-order valence-electron chi connectivity index (χ1n) is 6.90. The van der Waals surface area contributed by atoms with Gasteiger partial charge in [0.25, 0.3) is 0 Å². The Morgan fingerprint density at radius 3 is 2.61 bits per heavy atom. The van der Waals surface area contributed by atoms with Crippen LogP contribution in [0.5, 0.6) is 0 Å². The van der Waals surface area contributed by atoms with Crippen LogP contribution in [0.25, 0.3) is 0 Å². The first-order chi connectivity index (χ1) is 8.48. The van der Waals surface area contributed by atoms with E-state index in [1.807, 2.05) is 40.0 Å². The van der Waals surface area contributed by atoms with Crippen LogP contribution in [-0.2, 0) is 0 Å². The van der Waals surface area contributed by atoms with E-state index in [9.17, 15) is 5.11 Å². The Labute approximate surface area is 111 Å². The van der Waals surface area contributed by atoms with Crippen molar-refractivity contribution >= 4 is 5.69 Å². The Bertz CT molecular complexity index is 359. The normalized spacial score (nSPS) is 27.4. The average Bonchev–Trinajstić information content (AvgIpc) is 2.36. The number of rotatable bonds is 1. The molecule has 0 saturated carbocycles. The predicted octanol–water partition coefficient (Wildman–Crippen LogP) is 3.16. The third kappa shape index (κ3) is 3.70. The van der Waals surface area contributed by atoms with Crippen LogP contribution >= 0.6 is 0 Å². The van der Waals surface area contributed by atoms with Gasteiger partial charge < -0.3 is 10.0 Å². The lowest BCUT2D eigenvalue weighted by Gasteiger charge is -2.42. The van der Waals surface area contributed by atoms with Gasteiger partial charge in [-0.1, -0.05) is 13.8 Å². The van der Waals surface area contributed by atoms with Crippen LogP contribution in [0, 0.1) is 6.92 Å². The fraction of sp³-hybridized carbons (Fsp3) is 0.667. The molecule has 1 fully saturated rings. The Morgan fingerprint density at radius 1 is 1.39 bits per heavy atom. The van der Waals surface area contributed by atoms with Gasteiger partial charge in [-0.25, -0.2) is 0 Å². The van der Waals surface area contributed by atoms with Gasteiger partial charge in [0.2, 0.25) is 0 Å². The summed E-state index contributed by atoms with van der Waals surface area (Å²) in [4.78, 5) is 6.56. The minimum atomic E-state index is -0.572. The van der Waals surface area contributed by atoms with E-state index in [1.165, 1.54) is 0 Å². The van der Waals surface area contributed by atoms with Gasteiger partial charge in [-0.05, 0) is 45.7 Å². The Kier molecular flexibility index (Phi) is 5.15. The van der Waals surface area contributed by atoms with Gasteiger partial charge in [0.1, 0.15) is 0 Å². The van der Waals surface area contributed by atoms with Crippen LogP contribution in [0.3, 0.4) is 0 Å². The number of aryl methyl sites for hydroxylation is 1. The molecule has 0 spiro atoms. The number of hydrogen-bond acceptors (Lipinski definition) is 3. The van der Waals surface area contributed by atoms with Crippen molar-refractivity contribution in [3.05, 3.63) is 24.0 Å². The first-order valence-corrected chi connectivity index (χ1v) is 6.90. The summed E-state index contributed by atoms with van der Waals surface area (Å²) in [5.41, 5.74) is 1.57. The fourth-order valence-electron chi connectivity index (χ4n) is 2.25. The molecule has 0 aliphatic carbocycles. The lowest BCUT2D eigenvalue weighted by molar-refractivity contribution is 0.0378. The number of nitrogens with zero attached hydrogens (tertiary/aromatic N) is 2. The molecule has 2 atom stereocenters. The lowest BCUT2D eigenvalue weighted by atomic mass is 9.90. The molecule has 1 N–H and O–H groups in total. The molecule has 3 nitrogen and oxygen atoms in total. The Morgan fingerprint density at radius 2 is 2.06 bits per heavy atom. The summed E-state index contributed by atoms with van der Waals surface area (Å²) < 4.78 is 0. The fourth-order valence-corrected chi connectivity index (χ4v) is 2.25. The highest BCUT2D eigenvalue weighted by molar-refractivity contribution is 5.46. The molecular weight excluding hydrogens is 224 g/mol. The number of aromatic nitrogens is 1. The van der Waals surface area contributed by atoms with E-state index in [4.69, 9.17) is 0 Å². The monoisotopic (exact) mass is 250 g/mol. The van der Waals surface area contributed by atoms with E-state index in [1.54, 1.807) is 0 Å². The smallest absolute Gasteiger partial charge is 0.0794 e. The molecule has 2 unspecified atom stereocenters. The van der Waals surface area contributed by atoms with Crippen LogP contribution in [-0.4, -0.2) is 28.3 Å². The standard InChI is InChI=1S/C13H20N2O.C2H6/c1-10-4-5-12(8-14-10)15-9-13(3,16)7-6-11(15)2;1-2/h4-5,8,11,16H,6-7,9H2,1-3H3;1-2H3. The van der Waals surface area contributed by atoms with Crippen molar-refractivity contribution in [3.63, 3.8) is 0 Å². The maximum absolute atomic E-state index is 10.1. The van der Waals surface area contributed by atoms with Gasteiger partial charge in [-0.2, -0.15) is 0 Å². The molecule has 102 valence electrons. The zero-order chi connectivity index (χ0) is 13.8. The predicted molar refractivity (Wildman–Crippen MR) is 77.0 cm³/mol. The van der Waals surface area contributed by atoms with Crippen molar-refractivity contribution in [3.8, 4) is 0 Å². The van der Waals surface area contributed by atoms with Crippen molar-refractivity contribution in [1.29, 1.82) is 0 Å². The number of anilines is 1. The molecule has 0 bridgehead atoms. The van der Waals surface area contributed by atoms with Crippen LogP contribution in [0.1, 0.15) is 46.2 Å². The van der Waals surface area contributed by atoms with E-state index in [0.29, 0.717) is 12.6 Å².